The van der Waals surface area contributed by atoms with Crippen molar-refractivity contribution in [2.75, 3.05) is 5.32 Å². The summed E-state index contributed by atoms with van der Waals surface area (Å²) in [7, 11) is 0. The van der Waals surface area contributed by atoms with Crippen molar-refractivity contribution >= 4 is 35.0 Å². The third-order valence-electron chi connectivity index (χ3n) is 5.30. The van der Waals surface area contributed by atoms with Crippen molar-refractivity contribution in [2.24, 2.45) is 0 Å². The predicted molar refractivity (Wildman–Crippen MR) is 139 cm³/mol. The average Bonchev–Trinajstić information content (AvgIpc) is 3.53. The van der Waals surface area contributed by atoms with Crippen molar-refractivity contribution in [2.45, 2.75) is 17.8 Å². The normalized spacial score (nSPS) is 10.9. The highest BCUT2D eigenvalue weighted by Gasteiger charge is 2.18. The Labute approximate surface area is 212 Å². The molecule has 0 unspecified atom stereocenters. The number of carbonyl (C=O) groups is 1. The van der Waals surface area contributed by atoms with Crippen molar-refractivity contribution in [3.63, 3.8) is 0 Å². The second-order valence-corrected chi connectivity index (χ2v) is 9.29. The molecule has 0 aliphatic carbocycles. The van der Waals surface area contributed by atoms with Gasteiger partial charge in [0.1, 0.15) is 0 Å². The number of furan rings is 1. The Bertz CT molecular complexity index is 1460. The molecule has 8 heteroatoms. The van der Waals surface area contributed by atoms with Gasteiger partial charge in [-0.25, -0.2) is 0 Å². The van der Waals surface area contributed by atoms with Crippen molar-refractivity contribution in [3.05, 3.63) is 113 Å². The van der Waals surface area contributed by atoms with Crippen LogP contribution in [0.5, 0.6) is 0 Å². The van der Waals surface area contributed by atoms with Gasteiger partial charge in [-0.05, 0) is 72.6 Å². The lowest BCUT2D eigenvalue weighted by molar-refractivity contribution is 0.102. The van der Waals surface area contributed by atoms with Crippen LogP contribution in [0.3, 0.4) is 0 Å². The lowest BCUT2D eigenvalue weighted by Gasteiger charge is -2.10. The van der Waals surface area contributed by atoms with Crippen LogP contribution in [-0.4, -0.2) is 20.7 Å². The van der Waals surface area contributed by atoms with Crippen LogP contribution < -0.4 is 5.32 Å². The first-order valence-electron chi connectivity index (χ1n) is 10.9. The first kappa shape index (κ1) is 23.0. The van der Waals surface area contributed by atoms with Gasteiger partial charge in [0, 0.05) is 22.0 Å². The van der Waals surface area contributed by atoms with Crippen molar-refractivity contribution in [3.8, 4) is 17.3 Å². The van der Waals surface area contributed by atoms with Crippen LogP contribution in [0.15, 0.2) is 101 Å². The Morgan fingerprint density at radius 1 is 1.00 bits per heavy atom. The first-order chi connectivity index (χ1) is 17.1. The molecule has 0 aliphatic heterocycles. The number of carbonyl (C=O) groups excluding carboxylic acids is 1. The molecule has 0 saturated heterocycles. The molecule has 1 amide bonds. The maximum Gasteiger partial charge on any atom is 0.255 e. The average molecular weight is 501 g/mol. The van der Waals surface area contributed by atoms with Crippen LogP contribution in [-0.2, 0) is 5.75 Å². The zero-order valence-corrected chi connectivity index (χ0v) is 20.4. The maximum absolute atomic E-state index is 12.6. The van der Waals surface area contributed by atoms with Gasteiger partial charge >= 0.3 is 0 Å². The zero-order valence-electron chi connectivity index (χ0n) is 18.8. The summed E-state index contributed by atoms with van der Waals surface area (Å²) >= 11 is 7.79. The molecule has 0 radical (unpaired) electrons. The summed E-state index contributed by atoms with van der Waals surface area (Å²) in [5.74, 6) is 1.73. The lowest BCUT2D eigenvalue weighted by Crippen LogP contribution is -2.11. The van der Waals surface area contributed by atoms with E-state index in [1.807, 2.05) is 96.4 Å². The van der Waals surface area contributed by atoms with Crippen LogP contribution in [0.25, 0.3) is 17.3 Å². The molecule has 2 heterocycles. The molecule has 5 rings (SSSR count). The highest BCUT2D eigenvalue weighted by Crippen LogP contribution is 2.31. The smallest absolute Gasteiger partial charge is 0.255 e. The van der Waals surface area contributed by atoms with Gasteiger partial charge in [-0.3, -0.25) is 9.36 Å². The van der Waals surface area contributed by atoms with Gasteiger partial charge in [0.15, 0.2) is 10.9 Å². The minimum absolute atomic E-state index is 0.140. The van der Waals surface area contributed by atoms with E-state index >= 15 is 0 Å². The minimum atomic E-state index is -0.140. The number of nitrogens with zero attached hydrogens (tertiary/aromatic N) is 3. The molecule has 0 spiro atoms. The Morgan fingerprint density at radius 3 is 2.57 bits per heavy atom. The van der Waals surface area contributed by atoms with Crippen LogP contribution in [0.4, 0.5) is 5.69 Å². The molecule has 0 atom stereocenters. The number of hydrogen-bond acceptors (Lipinski definition) is 5. The van der Waals surface area contributed by atoms with Crippen molar-refractivity contribution in [1.29, 1.82) is 0 Å². The van der Waals surface area contributed by atoms with Crippen LogP contribution in [0.2, 0.25) is 5.02 Å². The van der Waals surface area contributed by atoms with E-state index in [1.165, 1.54) is 0 Å². The summed E-state index contributed by atoms with van der Waals surface area (Å²) < 4.78 is 7.50. The van der Waals surface area contributed by atoms with Crippen LogP contribution >= 0.6 is 23.4 Å². The SMILES string of the molecule is Cc1cccc(NC(=O)c2ccc(CSc3nnc(-c4ccco4)n3-c3cccc(Cl)c3)cc2)c1. The number of benzene rings is 3. The second-order valence-electron chi connectivity index (χ2n) is 7.91. The predicted octanol–water partition coefficient (Wildman–Crippen LogP) is 7.03. The number of aryl methyl sites for hydroxylation is 1. The topological polar surface area (TPSA) is 73.0 Å². The first-order valence-corrected chi connectivity index (χ1v) is 12.3. The van der Waals surface area contributed by atoms with Crippen molar-refractivity contribution in [1.82, 2.24) is 14.8 Å². The number of nitrogens with one attached hydrogen (secondary N) is 1. The molecule has 174 valence electrons. The molecule has 5 aromatic rings. The second kappa shape index (κ2) is 10.2. The minimum Gasteiger partial charge on any atom is -0.461 e. The molecule has 0 saturated carbocycles. The molecule has 6 nitrogen and oxygen atoms in total. The Kier molecular flexibility index (Phi) is 6.70. The molecule has 3 aromatic carbocycles. The summed E-state index contributed by atoms with van der Waals surface area (Å²) in [5, 5.41) is 13.0. The van der Waals surface area contributed by atoms with Gasteiger partial charge in [0.25, 0.3) is 5.91 Å². The fourth-order valence-electron chi connectivity index (χ4n) is 3.60. The third-order valence-corrected chi connectivity index (χ3v) is 6.54. The number of aromatic nitrogens is 3. The lowest BCUT2D eigenvalue weighted by atomic mass is 10.1. The molecular weight excluding hydrogens is 480 g/mol. The number of halogens is 1. The number of amides is 1. The highest BCUT2D eigenvalue weighted by atomic mass is 35.5. The fraction of sp³-hybridized carbons (Fsp3) is 0.0741. The van der Waals surface area contributed by atoms with E-state index in [0.717, 1.165) is 22.5 Å². The number of rotatable bonds is 7. The number of thioether (sulfide) groups is 1. The molecular formula is C27H21ClN4O2S. The largest absolute Gasteiger partial charge is 0.461 e. The van der Waals surface area contributed by atoms with Crippen LogP contribution in [0.1, 0.15) is 21.5 Å². The van der Waals surface area contributed by atoms with Crippen LogP contribution in [0, 0.1) is 6.92 Å². The zero-order chi connectivity index (χ0) is 24.2. The molecule has 0 bridgehead atoms. The van der Waals surface area contributed by atoms with E-state index in [9.17, 15) is 4.79 Å². The van der Waals surface area contributed by atoms with E-state index in [-0.39, 0.29) is 5.91 Å². The van der Waals surface area contributed by atoms with Crippen molar-refractivity contribution < 1.29 is 9.21 Å². The Balaban J connectivity index is 1.33. The highest BCUT2D eigenvalue weighted by molar-refractivity contribution is 7.98. The van der Waals surface area contributed by atoms with E-state index in [1.54, 1.807) is 18.0 Å². The maximum atomic E-state index is 12.6. The quantitative estimate of drug-likeness (QED) is 0.243. The van der Waals surface area contributed by atoms with Gasteiger partial charge in [-0.2, -0.15) is 0 Å². The van der Waals surface area contributed by atoms with Gasteiger partial charge in [0.2, 0.25) is 5.82 Å². The van der Waals surface area contributed by atoms with E-state index in [2.05, 4.69) is 15.5 Å². The fourth-order valence-corrected chi connectivity index (χ4v) is 4.70. The van der Waals surface area contributed by atoms with Gasteiger partial charge in [-0.15, -0.1) is 10.2 Å². The Hall–Kier alpha value is -3.81. The summed E-state index contributed by atoms with van der Waals surface area (Å²) in [4.78, 5) is 12.6. The molecule has 0 aliphatic rings. The van der Waals surface area contributed by atoms with E-state index in [0.29, 0.717) is 33.1 Å². The number of hydrogen-bond donors (Lipinski definition) is 1. The molecule has 1 N–H and O–H groups in total. The summed E-state index contributed by atoms with van der Waals surface area (Å²) in [6.07, 6.45) is 1.61. The third kappa shape index (κ3) is 5.31. The van der Waals surface area contributed by atoms with E-state index < -0.39 is 0 Å². The van der Waals surface area contributed by atoms with E-state index in [4.69, 9.17) is 16.0 Å². The molecule has 2 aromatic heterocycles. The monoisotopic (exact) mass is 500 g/mol. The summed E-state index contributed by atoms with van der Waals surface area (Å²) in [6, 6.07) is 26.5. The molecule has 35 heavy (non-hydrogen) atoms. The Morgan fingerprint density at radius 2 is 1.83 bits per heavy atom. The van der Waals surface area contributed by atoms with Gasteiger partial charge in [-0.1, -0.05) is 53.7 Å². The van der Waals surface area contributed by atoms with Gasteiger partial charge < -0.3 is 9.73 Å². The number of anilines is 1. The summed E-state index contributed by atoms with van der Waals surface area (Å²) in [5.41, 5.74) is 4.38. The molecule has 0 fully saturated rings. The standard InChI is InChI=1S/C27H21ClN4O2S/c1-18-5-2-7-22(15-18)29-26(33)20-12-10-19(11-13-20)17-35-27-31-30-25(24-9-4-14-34-24)32(27)23-8-3-6-21(28)16-23/h2-16H,17H2,1H3,(H,29,33). The summed E-state index contributed by atoms with van der Waals surface area (Å²) in [6.45, 7) is 1.99. The van der Waals surface area contributed by atoms with Gasteiger partial charge in [0.05, 0.1) is 12.0 Å².